The molecule has 0 aliphatic carbocycles. The number of aromatic amines is 1. The summed E-state index contributed by atoms with van der Waals surface area (Å²) >= 11 is 0. The van der Waals surface area contributed by atoms with Gasteiger partial charge in [-0.2, -0.15) is 10.1 Å². The van der Waals surface area contributed by atoms with Gasteiger partial charge in [-0.1, -0.05) is 80.0 Å². The highest BCUT2D eigenvalue weighted by atomic mass is 16.5. The predicted molar refractivity (Wildman–Crippen MR) is 150 cm³/mol. The first-order valence-corrected chi connectivity index (χ1v) is 13.3. The summed E-state index contributed by atoms with van der Waals surface area (Å²) in [6.07, 6.45) is 5.06. The molecule has 0 radical (unpaired) electrons. The van der Waals surface area contributed by atoms with Gasteiger partial charge in [0.15, 0.2) is 5.82 Å². The van der Waals surface area contributed by atoms with Crippen molar-refractivity contribution >= 4 is 11.6 Å². The molecule has 9 nitrogen and oxygen atoms in total. The average Bonchev–Trinajstić information content (AvgIpc) is 3.63. The highest BCUT2D eigenvalue weighted by Gasteiger charge is 2.41. The lowest BCUT2D eigenvalue weighted by Crippen LogP contribution is -2.34. The third-order valence-electron chi connectivity index (χ3n) is 7.38. The molecule has 1 atom stereocenters. The van der Waals surface area contributed by atoms with E-state index in [9.17, 15) is 4.79 Å². The third kappa shape index (κ3) is 4.52. The highest BCUT2D eigenvalue weighted by molar-refractivity contribution is 5.80. The molecular formula is C30H32N6O3. The molecule has 200 valence electrons. The Morgan fingerprint density at radius 3 is 2.59 bits per heavy atom. The Labute approximate surface area is 226 Å². The van der Waals surface area contributed by atoms with Gasteiger partial charge in [-0.15, -0.1) is 0 Å². The molecule has 0 saturated heterocycles. The Balaban J connectivity index is 1.39. The summed E-state index contributed by atoms with van der Waals surface area (Å²) in [6.45, 7) is 7.83. The van der Waals surface area contributed by atoms with E-state index < -0.39 is 5.76 Å². The fourth-order valence-corrected chi connectivity index (χ4v) is 5.76. The van der Waals surface area contributed by atoms with Gasteiger partial charge in [0.25, 0.3) is 0 Å². The third-order valence-corrected chi connectivity index (χ3v) is 7.38. The van der Waals surface area contributed by atoms with E-state index in [4.69, 9.17) is 19.3 Å². The molecule has 39 heavy (non-hydrogen) atoms. The molecule has 6 rings (SSSR count). The van der Waals surface area contributed by atoms with Crippen LogP contribution >= 0.6 is 0 Å². The summed E-state index contributed by atoms with van der Waals surface area (Å²) in [7, 11) is 1.76. The number of aryl methyl sites for hydroxylation is 1. The first-order chi connectivity index (χ1) is 18.9. The smallest absolute Gasteiger partial charge is 0.384 e. The lowest BCUT2D eigenvalue weighted by atomic mass is 9.91. The summed E-state index contributed by atoms with van der Waals surface area (Å²) in [5.74, 6) is 1.52. The van der Waals surface area contributed by atoms with Crippen LogP contribution in [0.4, 0.5) is 5.95 Å². The van der Waals surface area contributed by atoms with Gasteiger partial charge in [-0.3, -0.25) is 9.51 Å². The molecular weight excluding hydrogens is 492 g/mol. The molecule has 4 heterocycles. The van der Waals surface area contributed by atoms with Crippen molar-refractivity contribution in [3.05, 3.63) is 87.8 Å². The topological polar surface area (TPSA) is 102 Å². The Morgan fingerprint density at radius 1 is 1.13 bits per heavy atom. The fraction of sp³-hybridized carbons (Fsp3) is 0.333. The van der Waals surface area contributed by atoms with Crippen LogP contribution in [0.1, 0.15) is 38.1 Å². The van der Waals surface area contributed by atoms with Crippen LogP contribution in [0.2, 0.25) is 0 Å². The van der Waals surface area contributed by atoms with Crippen LogP contribution in [0.5, 0.6) is 0 Å². The molecule has 1 N–H and O–H groups in total. The van der Waals surface area contributed by atoms with Gasteiger partial charge in [-0.05, 0) is 30.0 Å². The van der Waals surface area contributed by atoms with E-state index in [1.54, 1.807) is 7.11 Å². The normalized spacial score (nSPS) is 18.4. The van der Waals surface area contributed by atoms with Crippen LogP contribution in [0, 0.1) is 12.3 Å². The van der Waals surface area contributed by atoms with E-state index in [1.165, 1.54) is 22.5 Å². The fourth-order valence-electron chi connectivity index (χ4n) is 5.76. The number of anilines is 1. The predicted octanol–water partition coefficient (Wildman–Crippen LogP) is 5.22. The van der Waals surface area contributed by atoms with Gasteiger partial charge in [-0.25, -0.2) is 9.48 Å². The zero-order valence-electron chi connectivity index (χ0n) is 22.7. The Hall–Kier alpha value is -4.24. The number of rotatable bonds is 8. The molecule has 2 aliphatic heterocycles. The van der Waals surface area contributed by atoms with E-state index >= 15 is 0 Å². The number of hydrogen-bond donors (Lipinski definition) is 1. The van der Waals surface area contributed by atoms with Crippen molar-refractivity contribution in [2.45, 2.75) is 40.0 Å². The lowest BCUT2D eigenvalue weighted by Gasteiger charge is -2.32. The standard InChI is InChI=1S/C30H32N6O3/c1-5-8-25-24(26-16-30(3,18-38-4)17-35(26)28-31-19(2)33-36(25)28)15-20-11-13-21(14-12-20)22-9-6-7-10-23(22)27-32-29(37)39-34-27/h6-7,9-14,16H,5,8,15,17-18H2,1-4H3,(H,32,34,37). The van der Waals surface area contributed by atoms with E-state index in [0.29, 0.717) is 12.4 Å². The van der Waals surface area contributed by atoms with Crippen LogP contribution in [0.3, 0.4) is 0 Å². The van der Waals surface area contributed by atoms with Crippen molar-refractivity contribution in [2.24, 2.45) is 5.41 Å². The van der Waals surface area contributed by atoms with Crippen LogP contribution in [-0.2, 0) is 11.2 Å². The molecule has 0 spiro atoms. The summed E-state index contributed by atoms with van der Waals surface area (Å²) in [6, 6.07) is 16.4. The van der Waals surface area contributed by atoms with Crippen molar-refractivity contribution < 1.29 is 9.26 Å². The number of fused-ring (bicyclic) bond motifs is 3. The van der Waals surface area contributed by atoms with Crippen molar-refractivity contribution in [2.75, 3.05) is 25.2 Å². The summed E-state index contributed by atoms with van der Waals surface area (Å²) in [5.41, 5.74) is 7.61. The first kappa shape index (κ1) is 25.1. The van der Waals surface area contributed by atoms with Crippen molar-refractivity contribution in [3.8, 4) is 22.5 Å². The van der Waals surface area contributed by atoms with E-state index in [0.717, 1.165) is 54.3 Å². The number of hydrogen-bond acceptors (Lipinski definition) is 7. The second-order valence-corrected chi connectivity index (χ2v) is 10.6. The van der Waals surface area contributed by atoms with Gasteiger partial charge >= 0.3 is 5.76 Å². The molecule has 0 fully saturated rings. The summed E-state index contributed by atoms with van der Waals surface area (Å²) in [4.78, 5) is 21.3. The van der Waals surface area contributed by atoms with E-state index in [1.807, 2.05) is 35.9 Å². The second-order valence-electron chi connectivity index (χ2n) is 10.6. The van der Waals surface area contributed by atoms with E-state index in [-0.39, 0.29) is 5.41 Å². The molecule has 1 unspecified atom stereocenters. The quantitative estimate of drug-likeness (QED) is 0.337. The maximum absolute atomic E-state index is 11.5. The van der Waals surface area contributed by atoms with Crippen molar-refractivity contribution in [1.82, 2.24) is 24.9 Å². The zero-order chi connectivity index (χ0) is 27.1. The number of benzene rings is 2. The molecule has 2 aromatic carbocycles. The zero-order valence-corrected chi connectivity index (χ0v) is 22.7. The van der Waals surface area contributed by atoms with Gasteiger partial charge in [0.1, 0.15) is 5.82 Å². The minimum Gasteiger partial charge on any atom is -0.384 e. The van der Waals surface area contributed by atoms with Gasteiger partial charge in [0, 0.05) is 42.3 Å². The van der Waals surface area contributed by atoms with Gasteiger partial charge < -0.3 is 9.64 Å². The number of allylic oxidation sites excluding steroid dienone is 2. The van der Waals surface area contributed by atoms with Gasteiger partial charge in [0.2, 0.25) is 5.95 Å². The molecule has 4 aromatic rings. The monoisotopic (exact) mass is 524 g/mol. The Morgan fingerprint density at radius 2 is 1.90 bits per heavy atom. The first-order valence-electron chi connectivity index (χ1n) is 13.3. The van der Waals surface area contributed by atoms with Crippen molar-refractivity contribution in [3.63, 3.8) is 0 Å². The Bertz CT molecular complexity index is 1640. The summed E-state index contributed by atoms with van der Waals surface area (Å²) in [5, 5.41) is 8.69. The number of methoxy groups -OCH3 is 1. The van der Waals surface area contributed by atoms with Crippen molar-refractivity contribution in [1.29, 1.82) is 0 Å². The van der Waals surface area contributed by atoms with Crippen LogP contribution in [-0.4, -0.2) is 45.2 Å². The number of ether oxygens (including phenoxy) is 1. The SMILES string of the molecule is CCCC1=C(Cc2ccc(-c3ccccc3-c3noc(=O)[nH]3)cc2)C2=CC(C)(COC)CN2c2nc(C)nn21. The largest absolute Gasteiger partial charge is 0.439 e. The minimum absolute atomic E-state index is 0.114. The van der Waals surface area contributed by atoms with Crippen LogP contribution < -0.4 is 10.7 Å². The molecule has 2 aromatic heterocycles. The molecule has 0 amide bonds. The number of H-pyrrole nitrogens is 1. The van der Waals surface area contributed by atoms with Crippen LogP contribution in [0.15, 0.2) is 75.2 Å². The van der Waals surface area contributed by atoms with Gasteiger partial charge in [0.05, 0.1) is 12.3 Å². The lowest BCUT2D eigenvalue weighted by molar-refractivity contribution is 0.130. The maximum atomic E-state index is 11.5. The number of aromatic nitrogens is 5. The maximum Gasteiger partial charge on any atom is 0.439 e. The number of nitrogens with zero attached hydrogens (tertiary/aromatic N) is 5. The van der Waals surface area contributed by atoms with E-state index in [2.05, 4.69) is 59.2 Å². The molecule has 9 heteroatoms. The average molecular weight is 525 g/mol. The Kier molecular flexibility index (Phi) is 6.31. The number of nitrogens with one attached hydrogen (secondary N) is 1. The minimum atomic E-state index is -0.568. The second kappa shape index (κ2) is 9.81. The van der Waals surface area contributed by atoms with Crippen LogP contribution in [0.25, 0.3) is 28.2 Å². The highest BCUT2D eigenvalue weighted by Crippen LogP contribution is 2.44. The molecule has 0 saturated carbocycles. The molecule has 2 aliphatic rings. The molecule has 0 bridgehead atoms. The summed E-state index contributed by atoms with van der Waals surface area (Å²) < 4.78 is 12.4.